The van der Waals surface area contributed by atoms with Gasteiger partial charge in [-0.05, 0) is 37.1 Å². The molecule has 20 heavy (non-hydrogen) atoms. The van der Waals surface area contributed by atoms with E-state index in [4.69, 9.17) is 5.84 Å². The lowest BCUT2D eigenvalue weighted by Crippen LogP contribution is -2.38. The summed E-state index contributed by atoms with van der Waals surface area (Å²) in [5.74, 6) is 6.21. The van der Waals surface area contributed by atoms with Crippen molar-refractivity contribution in [3.63, 3.8) is 0 Å². The molecule has 0 spiro atoms. The lowest BCUT2D eigenvalue weighted by atomic mass is 10.1. The number of hydrogen-bond donors (Lipinski definition) is 2. The Labute approximate surface area is 123 Å². The van der Waals surface area contributed by atoms with Gasteiger partial charge in [-0.2, -0.15) is 0 Å². The average Bonchev–Trinajstić information content (AvgIpc) is 2.45. The SMILES string of the molecule is Cc1cccc(SCC(Cc2ccccc2F)NN)c1. The van der Waals surface area contributed by atoms with Gasteiger partial charge in [0.2, 0.25) is 0 Å². The molecule has 0 fully saturated rings. The monoisotopic (exact) mass is 290 g/mol. The van der Waals surface area contributed by atoms with Crippen LogP contribution in [0.15, 0.2) is 53.4 Å². The van der Waals surface area contributed by atoms with Crippen molar-refractivity contribution in [2.45, 2.75) is 24.3 Å². The third kappa shape index (κ3) is 4.34. The molecule has 0 radical (unpaired) electrons. The summed E-state index contributed by atoms with van der Waals surface area (Å²) in [5, 5.41) is 0. The van der Waals surface area contributed by atoms with Gasteiger partial charge in [-0.1, -0.05) is 35.9 Å². The van der Waals surface area contributed by atoms with Gasteiger partial charge in [0, 0.05) is 16.7 Å². The fraction of sp³-hybridized carbons (Fsp3) is 0.250. The maximum atomic E-state index is 13.6. The topological polar surface area (TPSA) is 38.0 Å². The Morgan fingerprint density at radius 1 is 1.20 bits per heavy atom. The number of rotatable bonds is 6. The largest absolute Gasteiger partial charge is 0.271 e. The van der Waals surface area contributed by atoms with Crippen molar-refractivity contribution in [1.82, 2.24) is 5.43 Å². The van der Waals surface area contributed by atoms with Crippen molar-refractivity contribution < 1.29 is 4.39 Å². The van der Waals surface area contributed by atoms with E-state index in [-0.39, 0.29) is 11.9 Å². The number of hydrogen-bond acceptors (Lipinski definition) is 3. The summed E-state index contributed by atoms with van der Waals surface area (Å²) < 4.78 is 13.6. The van der Waals surface area contributed by atoms with Gasteiger partial charge in [-0.15, -0.1) is 11.8 Å². The van der Waals surface area contributed by atoms with E-state index in [1.54, 1.807) is 23.9 Å². The van der Waals surface area contributed by atoms with Crippen molar-refractivity contribution >= 4 is 11.8 Å². The summed E-state index contributed by atoms with van der Waals surface area (Å²) in [5.41, 5.74) is 4.71. The maximum absolute atomic E-state index is 13.6. The van der Waals surface area contributed by atoms with E-state index >= 15 is 0 Å². The molecule has 0 aliphatic heterocycles. The fourth-order valence-electron chi connectivity index (χ4n) is 2.00. The molecule has 2 nitrogen and oxygen atoms in total. The summed E-state index contributed by atoms with van der Waals surface area (Å²) in [6.07, 6.45) is 0.585. The van der Waals surface area contributed by atoms with Crippen molar-refractivity contribution in [3.05, 3.63) is 65.5 Å². The van der Waals surface area contributed by atoms with E-state index in [1.165, 1.54) is 16.5 Å². The first-order valence-corrected chi connectivity index (χ1v) is 7.56. The Hall–Kier alpha value is -1.36. The Morgan fingerprint density at radius 3 is 2.70 bits per heavy atom. The van der Waals surface area contributed by atoms with Crippen LogP contribution in [-0.4, -0.2) is 11.8 Å². The molecule has 106 valence electrons. The van der Waals surface area contributed by atoms with Crippen LogP contribution in [0.1, 0.15) is 11.1 Å². The van der Waals surface area contributed by atoms with E-state index in [9.17, 15) is 4.39 Å². The lowest BCUT2D eigenvalue weighted by molar-refractivity contribution is 0.546. The summed E-state index contributed by atoms with van der Waals surface area (Å²) >= 11 is 1.73. The zero-order valence-electron chi connectivity index (χ0n) is 11.5. The third-order valence-electron chi connectivity index (χ3n) is 3.10. The molecule has 0 heterocycles. The van der Waals surface area contributed by atoms with Crippen LogP contribution < -0.4 is 11.3 Å². The first kappa shape index (κ1) is 15.0. The number of benzene rings is 2. The normalized spacial score (nSPS) is 12.3. The zero-order chi connectivity index (χ0) is 14.4. The van der Waals surface area contributed by atoms with Crippen LogP contribution in [-0.2, 0) is 6.42 Å². The molecule has 2 rings (SSSR count). The Kier molecular flexibility index (Phi) is 5.59. The Balaban J connectivity index is 1.94. The smallest absolute Gasteiger partial charge is 0.126 e. The number of nitrogens with two attached hydrogens (primary N) is 1. The summed E-state index contributed by atoms with van der Waals surface area (Å²) in [7, 11) is 0. The minimum Gasteiger partial charge on any atom is -0.271 e. The van der Waals surface area contributed by atoms with Crippen molar-refractivity contribution in [2.24, 2.45) is 5.84 Å². The second-order valence-corrected chi connectivity index (χ2v) is 5.88. The van der Waals surface area contributed by atoms with Gasteiger partial charge in [0.15, 0.2) is 0 Å². The highest BCUT2D eigenvalue weighted by molar-refractivity contribution is 7.99. The van der Waals surface area contributed by atoms with Crippen molar-refractivity contribution in [2.75, 3.05) is 5.75 Å². The standard InChI is InChI=1S/C16H19FN2S/c1-12-5-4-7-15(9-12)20-11-14(19-18)10-13-6-2-3-8-16(13)17/h2-9,14,19H,10-11,18H2,1H3. The minimum atomic E-state index is -0.173. The molecule has 1 atom stereocenters. The highest BCUT2D eigenvalue weighted by Crippen LogP contribution is 2.21. The first-order valence-electron chi connectivity index (χ1n) is 6.58. The fourth-order valence-corrected chi connectivity index (χ4v) is 3.05. The predicted octanol–water partition coefficient (Wildman–Crippen LogP) is 3.30. The van der Waals surface area contributed by atoms with E-state index < -0.39 is 0 Å². The van der Waals surface area contributed by atoms with E-state index in [0.717, 1.165) is 5.75 Å². The summed E-state index contributed by atoms with van der Waals surface area (Å²) in [6, 6.07) is 15.2. The summed E-state index contributed by atoms with van der Waals surface area (Å²) in [4.78, 5) is 1.21. The van der Waals surface area contributed by atoms with Gasteiger partial charge in [-0.25, -0.2) is 4.39 Å². The van der Waals surface area contributed by atoms with Crippen LogP contribution >= 0.6 is 11.8 Å². The van der Waals surface area contributed by atoms with Crippen LogP contribution in [0.3, 0.4) is 0 Å². The van der Waals surface area contributed by atoms with E-state index in [2.05, 4.69) is 30.5 Å². The molecule has 0 saturated heterocycles. The predicted molar refractivity (Wildman–Crippen MR) is 83.1 cm³/mol. The highest BCUT2D eigenvalue weighted by Gasteiger charge is 2.11. The number of thioether (sulfide) groups is 1. The zero-order valence-corrected chi connectivity index (χ0v) is 12.3. The molecule has 0 saturated carbocycles. The van der Waals surface area contributed by atoms with Crippen molar-refractivity contribution in [3.8, 4) is 0 Å². The number of aryl methyl sites for hydroxylation is 1. The van der Waals surface area contributed by atoms with Crippen LogP contribution in [0.4, 0.5) is 4.39 Å². The third-order valence-corrected chi connectivity index (χ3v) is 4.26. The molecule has 0 aliphatic rings. The number of hydrazine groups is 1. The van der Waals surface area contributed by atoms with Gasteiger partial charge in [0.05, 0.1) is 0 Å². The second-order valence-electron chi connectivity index (χ2n) is 4.79. The van der Waals surface area contributed by atoms with Gasteiger partial charge in [0.25, 0.3) is 0 Å². The van der Waals surface area contributed by atoms with Gasteiger partial charge in [0.1, 0.15) is 5.82 Å². The van der Waals surface area contributed by atoms with Gasteiger partial charge < -0.3 is 0 Å². The molecule has 2 aromatic rings. The molecule has 0 bridgehead atoms. The molecule has 2 aromatic carbocycles. The molecule has 0 amide bonds. The van der Waals surface area contributed by atoms with Crippen LogP contribution in [0, 0.1) is 12.7 Å². The average molecular weight is 290 g/mol. The van der Waals surface area contributed by atoms with Crippen LogP contribution in [0.5, 0.6) is 0 Å². The number of halogens is 1. The molecule has 0 aromatic heterocycles. The maximum Gasteiger partial charge on any atom is 0.126 e. The molecule has 3 N–H and O–H groups in total. The highest BCUT2D eigenvalue weighted by atomic mass is 32.2. The molecule has 1 unspecified atom stereocenters. The summed E-state index contributed by atoms with van der Waals surface area (Å²) in [6.45, 7) is 2.07. The van der Waals surface area contributed by atoms with Gasteiger partial charge >= 0.3 is 0 Å². The second kappa shape index (κ2) is 7.43. The molecule has 4 heteroatoms. The minimum absolute atomic E-state index is 0.0393. The van der Waals surface area contributed by atoms with Crippen molar-refractivity contribution in [1.29, 1.82) is 0 Å². The first-order chi connectivity index (χ1) is 9.69. The molecule has 0 aliphatic carbocycles. The molecular weight excluding hydrogens is 271 g/mol. The lowest BCUT2D eigenvalue weighted by Gasteiger charge is -2.16. The van der Waals surface area contributed by atoms with E-state index in [1.807, 2.05) is 12.1 Å². The Bertz CT molecular complexity index is 560. The van der Waals surface area contributed by atoms with Gasteiger partial charge in [-0.3, -0.25) is 11.3 Å². The number of nitrogens with one attached hydrogen (secondary N) is 1. The Morgan fingerprint density at radius 2 is 2.00 bits per heavy atom. The van der Waals surface area contributed by atoms with Crippen LogP contribution in [0.25, 0.3) is 0 Å². The van der Waals surface area contributed by atoms with E-state index in [0.29, 0.717) is 12.0 Å². The van der Waals surface area contributed by atoms with Crippen LogP contribution in [0.2, 0.25) is 0 Å². The molecular formula is C16H19FN2S. The quantitative estimate of drug-likeness (QED) is 0.487.